The highest BCUT2D eigenvalue weighted by Gasteiger charge is 2.20. The molecular formula is C13H21ClN2O2S. The zero-order chi connectivity index (χ0) is 14.5. The summed E-state index contributed by atoms with van der Waals surface area (Å²) in [7, 11) is 2.14. The van der Waals surface area contributed by atoms with Gasteiger partial charge in [-0.15, -0.1) is 11.6 Å². The zero-order valence-electron chi connectivity index (χ0n) is 11.6. The van der Waals surface area contributed by atoms with Crippen molar-refractivity contribution in [3.8, 4) is 0 Å². The molecule has 0 radical (unpaired) electrons. The van der Waals surface area contributed by atoms with Crippen LogP contribution in [0, 0.1) is 0 Å². The van der Waals surface area contributed by atoms with Crippen molar-refractivity contribution >= 4 is 21.6 Å². The van der Waals surface area contributed by atoms with Crippen molar-refractivity contribution in [3.63, 3.8) is 0 Å². The number of sulfonamides is 1. The third-order valence-electron chi connectivity index (χ3n) is 2.84. The molecule has 1 aromatic carbocycles. The molecule has 0 bridgehead atoms. The molecule has 6 heteroatoms. The Hall–Kier alpha value is -0.620. The lowest BCUT2D eigenvalue weighted by molar-refractivity contribution is 0.370. The van der Waals surface area contributed by atoms with Gasteiger partial charge in [0.25, 0.3) is 0 Å². The molecule has 0 aliphatic rings. The average molecular weight is 305 g/mol. The highest BCUT2D eigenvalue weighted by atomic mass is 35.5. The van der Waals surface area contributed by atoms with Crippen LogP contribution in [0.15, 0.2) is 29.2 Å². The van der Waals surface area contributed by atoms with Gasteiger partial charge in [0.05, 0.1) is 4.90 Å². The molecule has 0 aliphatic heterocycles. The Morgan fingerprint density at radius 1 is 1.16 bits per heavy atom. The third kappa shape index (κ3) is 4.76. The Kier molecular flexibility index (Phi) is 6.26. The number of nitrogens with zero attached hydrogens (tertiary/aromatic N) is 2. The SMILES string of the molecule is CN(C)CCCN(C)S(=O)(=O)c1cccc(CCl)c1. The van der Waals surface area contributed by atoms with Crippen LogP contribution in [0.5, 0.6) is 0 Å². The molecule has 19 heavy (non-hydrogen) atoms. The summed E-state index contributed by atoms with van der Waals surface area (Å²) in [6, 6.07) is 6.77. The molecule has 108 valence electrons. The Balaban J connectivity index is 2.78. The van der Waals surface area contributed by atoms with E-state index in [0.29, 0.717) is 17.3 Å². The molecule has 1 rings (SSSR count). The fourth-order valence-electron chi connectivity index (χ4n) is 1.70. The first-order valence-corrected chi connectivity index (χ1v) is 8.11. The molecule has 4 nitrogen and oxygen atoms in total. The number of hydrogen-bond acceptors (Lipinski definition) is 3. The van der Waals surface area contributed by atoms with Crippen LogP contribution >= 0.6 is 11.6 Å². The maximum Gasteiger partial charge on any atom is 0.242 e. The highest BCUT2D eigenvalue weighted by Crippen LogP contribution is 2.17. The van der Waals surface area contributed by atoms with Crippen LogP contribution in [-0.2, 0) is 15.9 Å². The molecule has 0 N–H and O–H groups in total. The Morgan fingerprint density at radius 2 is 1.84 bits per heavy atom. The van der Waals surface area contributed by atoms with Gasteiger partial charge in [-0.1, -0.05) is 12.1 Å². The van der Waals surface area contributed by atoms with Crippen LogP contribution in [0.3, 0.4) is 0 Å². The lowest BCUT2D eigenvalue weighted by Gasteiger charge is -2.18. The quantitative estimate of drug-likeness (QED) is 0.724. The number of halogens is 1. The fourth-order valence-corrected chi connectivity index (χ4v) is 3.15. The summed E-state index contributed by atoms with van der Waals surface area (Å²) < 4.78 is 26.1. The molecule has 0 unspecified atom stereocenters. The van der Waals surface area contributed by atoms with Crippen LogP contribution in [0.1, 0.15) is 12.0 Å². The van der Waals surface area contributed by atoms with Crippen molar-refractivity contribution in [1.82, 2.24) is 9.21 Å². The van der Waals surface area contributed by atoms with Crippen molar-refractivity contribution in [1.29, 1.82) is 0 Å². The second kappa shape index (κ2) is 7.24. The first kappa shape index (κ1) is 16.4. The van der Waals surface area contributed by atoms with Crippen LogP contribution in [0.25, 0.3) is 0 Å². The second-order valence-electron chi connectivity index (χ2n) is 4.76. The van der Waals surface area contributed by atoms with Gasteiger partial charge >= 0.3 is 0 Å². The summed E-state index contributed by atoms with van der Waals surface area (Å²) in [5.41, 5.74) is 0.810. The number of hydrogen-bond donors (Lipinski definition) is 0. The smallest absolute Gasteiger partial charge is 0.242 e. The van der Waals surface area contributed by atoms with E-state index in [1.165, 1.54) is 4.31 Å². The van der Waals surface area contributed by atoms with Crippen LogP contribution in [0.4, 0.5) is 0 Å². The summed E-state index contributed by atoms with van der Waals surface area (Å²) in [6.07, 6.45) is 0.803. The molecule has 0 atom stereocenters. The van der Waals surface area contributed by atoms with Gasteiger partial charge in [-0.3, -0.25) is 0 Å². The zero-order valence-corrected chi connectivity index (χ0v) is 13.2. The van der Waals surface area contributed by atoms with E-state index in [-0.39, 0.29) is 0 Å². The molecule has 0 aliphatic carbocycles. The summed E-state index contributed by atoms with van der Waals surface area (Å²) in [6.45, 7) is 1.37. The first-order valence-electron chi connectivity index (χ1n) is 6.14. The summed E-state index contributed by atoms with van der Waals surface area (Å²) in [4.78, 5) is 2.34. The minimum atomic E-state index is -3.41. The largest absolute Gasteiger partial charge is 0.309 e. The number of benzene rings is 1. The van der Waals surface area contributed by atoms with Crippen LogP contribution in [0.2, 0.25) is 0 Å². The number of rotatable bonds is 7. The van der Waals surface area contributed by atoms with Gasteiger partial charge < -0.3 is 4.90 Å². The highest BCUT2D eigenvalue weighted by molar-refractivity contribution is 7.89. The van der Waals surface area contributed by atoms with Gasteiger partial charge in [0.15, 0.2) is 0 Å². The molecule has 0 spiro atoms. The molecule has 0 fully saturated rings. The van der Waals surface area contributed by atoms with E-state index in [1.807, 2.05) is 25.1 Å². The van der Waals surface area contributed by atoms with Crippen molar-refractivity contribution in [2.24, 2.45) is 0 Å². The van der Waals surface area contributed by atoms with Gasteiger partial charge in [-0.25, -0.2) is 12.7 Å². The molecule has 0 saturated carbocycles. The predicted octanol–water partition coefficient (Wildman–Crippen LogP) is 2.00. The predicted molar refractivity (Wildman–Crippen MR) is 79.0 cm³/mol. The van der Waals surface area contributed by atoms with E-state index in [2.05, 4.69) is 0 Å². The maximum absolute atomic E-state index is 12.3. The normalized spacial score (nSPS) is 12.3. The van der Waals surface area contributed by atoms with E-state index >= 15 is 0 Å². The van der Waals surface area contributed by atoms with Gasteiger partial charge in [0.2, 0.25) is 10.0 Å². The van der Waals surface area contributed by atoms with Gasteiger partial charge in [-0.2, -0.15) is 0 Å². The van der Waals surface area contributed by atoms with E-state index in [4.69, 9.17) is 11.6 Å². The monoisotopic (exact) mass is 304 g/mol. The summed E-state index contributed by atoms with van der Waals surface area (Å²) >= 11 is 5.73. The van der Waals surface area contributed by atoms with E-state index in [1.54, 1.807) is 25.2 Å². The van der Waals surface area contributed by atoms with Crippen LogP contribution < -0.4 is 0 Å². The van der Waals surface area contributed by atoms with Gasteiger partial charge in [0, 0.05) is 19.5 Å². The standard InChI is InChI=1S/C13H21ClN2O2S/c1-15(2)8-5-9-16(3)19(17,18)13-7-4-6-12(10-13)11-14/h4,6-7,10H,5,8-9,11H2,1-3H3. The third-order valence-corrected chi connectivity index (χ3v) is 5.00. The minimum Gasteiger partial charge on any atom is -0.309 e. The fraction of sp³-hybridized carbons (Fsp3) is 0.538. The molecule has 1 aromatic rings. The first-order chi connectivity index (χ1) is 8.87. The lowest BCUT2D eigenvalue weighted by atomic mass is 10.2. The summed E-state index contributed by atoms with van der Waals surface area (Å²) in [5.74, 6) is 0.313. The van der Waals surface area contributed by atoms with Crippen molar-refractivity contribution < 1.29 is 8.42 Å². The Morgan fingerprint density at radius 3 is 2.42 bits per heavy atom. The van der Waals surface area contributed by atoms with Crippen molar-refractivity contribution in [3.05, 3.63) is 29.8 Å². The second-order valence-corrected chi connectivity index (χ2v) is 7.08. The minimum absolute atomic E-state index is 0.304. The van der Waals surface area contributed by atoms with Crippen LogP contribution in [-0.4, -0.2) is 51.9 Å². The van der Waals surface area contributed by atoms with Crippen molar-refractivity contribution in [2.75, 3.05) is 34.2 Å². The molecular weight excluding hydrogens is 284 g/mol. The number of alkyl halides is 1. The topological polar surface area (TPSA) is 40.6 Å². The molecule has 0 saturated heterocycles. The van der Waals surface area contributed by atoms with Gasteiger partial charge in [-0.05, 0) is 44.8 Å². The lowest BCUT2D eigenvalue weighted by Crippen LogP contribution is -2.30. The molecule has 0 aromatic heterocycles. The average Bonchev–Trinajstić information content (AvgIpc) is 2.38. The Bertz CT molecular complexity index is 503. The molecule has 0 amide bonds. The Labute approximate surface area is 121 Å². The maximum atomic E-state index is 12.3. The van der Waals surface area contributed by atoms with E-state index < -0.39 is 10.0 Å². The van der Waals surface area contributed by atoms with E-state index in [9.17, 15) is 8.42 Å². The van der Waals surface area contributed by atoms with E-state index in [0.717, 1.165) is 18.5 Å². The van der Waals surface area contributed by atoms with Gasteiger partial charge in [0.1, 0.15) is 0 Å². The van der Waals surface area contributed by atoms with Crippen molar-refractivity contribution in [2.45, 2.75) is 17.2 Å². The summed E-state index contributed by atoms with van der Waals surface area (Å²) in [5, 5.41) is 0. The molecule has 0 heterocycles.